The first-order chi connectivity index (χ1) is 50.0. The van der Waals surface area contributed by atoms with Crippen LogP contribution in [0.3, 0.4) is 0 Å². The highest BCUT2D eigenvalue weighted by molar-refractivity contribution is 7.47. The first-order valence-electron chi connectivity index (χ1n) is 40.1. The van der Waals surface area contributed by atoms with Crippen molar-refractivity contribution >= 4 is 19.8 Å². The lowest BCUT2D eigenvalue weighted by Gasteiger charge is -2.24. The molecule has 0 rings (SSSR count). The summed E-state index contributed by atoms with van der Waals surface area (Å²) in [5, 5.41) is 0. The van der Waals surface area contributed by atoms with Crippen molar-refractivity contribution in [3.8, 4) is 0 Å². The number of carbonyl (C=O) groups is 2. The Kier molecular flexibility index (Phi) is 74.6. The van der Waals surface area contributed by atoms with Gasteiger partial charge in [0, 0.05) is 12.8 Å². The van der Waals surface area contributed by atoms with Crippen LogP contribution in [0, 0.1) is 0 Å². The van der Waals surface area contributed by atoms with Gasteiger partial charge in [0.1, 0.15) is 19.8 Å². The molecule has 0 aromatic carbocycles. The number of esters is 2. The smallest absolute Gasteiger partial charge is 0.462 e. The van der Waals surface area contributed by atoms with Crippen LogP contribution < -0.4 is 0 Å². The Balaban J connectivity index is 4.11. The number of hydrogen-bond acceptors (Lipinski definition) is 7. The van der Waals surface area contributed by atoms with Crippen LogP contribution in [-0.4, -0.2) is 74.9 Å². The van der Waals surface area contributed by atoms with E-state index in [1.54, 1.807) is 0 Å². The van der Waals surface area contributed by atoms with E-state index in [2.05, 4.69) is 245 Å². The van der Waals surface area contributed by atoms with Crippen LogP contribution in [-0.2, 0) is 32.7 Å². The topological polar surface area (TPSA) is 108 Å². The fourth-order valence-corrected chi connectivity index (χ4v) is 10.9. The third kappa shape index (κ3) is 83.0. The molecular weight excluding hydrogens is 1280 g/mol. The van der Waals surface area contributed by atoms with E-state index in [-0.39, 0.29) is 32.0 Å². The molecule has 2 atom stereocenters. The van der Waals surface area contributed by atoms with Gasteiger partial charge in [0.15, 0.2) is 6.10 Å². The molecule has 0 bridgehead atoms. The number of hydrogen-bond donors (Lipinski definition) is 1. The van der Waals surface area contributed by atoms with Gasteiger partial charge in [-0.1, -0.05) is 341 Å². The highest BCUT2D eigenvalue weighted by Gasteiger charge is 2.27. The fraction of sp³-hybridized carbons (Fsp3) is 0.565. The third-order valence-corrected chi connectivity index (χ3v) is 17.2. The largest absolute Gasteiger partial charge is 0.472 e. The van der Waals surface area contributed by atoms with Crippen LogP contribution in [0.1, 0.15) is 284 Å². The van der Waals surface area contributed by atoms with Gasteiger partial charge in [-0.25, -0.2) is 4.57 Å². The molecule has 10 heteroatoms. The highest BCUT2D eigenvalue weighted by atomic mass is 31.2. The minimum absolute atomic E-state index is 0.0171. The molecule has 0 radical (unpaired) electrons. The van der Waals surface area contributed by atoms with Crippen LogP contribution in [0.2, 0.25) is 0 Å². The second-order valence-electron chi connectivity index (χ2n) is 27.0. The molecule has 0 spiro atoms. The number of unbranched alkanes of at least 4 members (excludes halogenated alkanes) is 19. The molecule has 2 unspecified atom stereocenters. The van der Waals surface area contributed by atoms with Gasteiger partial charge in [0.25, 0.3) is 0 Å². The van der Waals surface area contributed by atoms with Crippen molar-refractivity contribution in [1.82, 2.24) is 0 Å². The van der Waals surface area contributed by atoms with E-state index < -0.39 is 26.5 Å². The third-order valence-electron chi connectivity index (χ3n) is 16.2. The minimum atomic E-state index is -4.42. The molecule has 0 saturated carbocycles. The van der Waals surface area contributed by atoms with Crippen molar-refractivity contribution < 1.29 is 42.1 Å². The van der Waals surface area contributed by atoms with Crippen LogP contribution in [0.25, 0.3) is 0 Å². The first-order valence-corrected chi connectivity index (χ1v) is 41.6. The molecule has 102 heavy (non-hydrogen) atoms. The van der Waals surface area contributed by atoms with Crippen molar-refractivity contribution in [2.24, 2.45) is 0 Å². The van der Waals surface area contributed by atoms with E-state index in [0.29, 0.717) is 17.4 Å². The lowest BCUT2D eigenvalue weighted by atomic mass is 10.0. The van der Waals surface area contributed by atoms with Crippen molar-refractivity contribution in [3.63, 3.8) is 0 Å². The van der Waals surface area contributed by atoms with E-state index in [4.69, 9.17) is 18.5 Å². The van der Waals surface area contributed by atoms with Gasteiger partial charge < -0.3 is 18.9 Å². The molecule has 0 fully saturated rings. The van der Waals surface area contributed by atoms with Crippen LogP contribution >= 0.6 is 7.82 Å². The van der Waals surface area contributed by atoms with Crippen molar-refractivity contribution in [2.75, 3.05) is 47.5 Å². The second kappa shape index (κ2) is 79.2. The summed E-state index contributed by atoms with van der Waals surface area (Å²) in [5.74, 6) is -0.828. The van der Waals surface area contributed by atoms with Gasteiger partial charge in [0.05, 0.1) is 27.7 Å². The monoisotopic (exact) mass is 1430 g/mol. The summed E-state index contributed by atoms with van der Waals surface area (Å²) in [6.45, 7) is 4.17. The van der Waals surface area contributed by atoms with Gasteiger partial charge in [-0.05, 0) is 161 Å². The summed E-state index contributed by atoms with van der Waals surface area (Å²) in [5.41, 5.74) is 0. The molecule has 0 aromatic rings. The molecule has 0 aliphatic rings. The average molecular weight is 1430 g/mol. The predicted molar refractivity (Wildman–Crippen MR) is 444 cm³/mol. The number of phosphoric acid groups is 1. The maximum Gasteiger partial charge on any atom is 0.472 e. The standard InChI is InChI=1S/C92H146NO8P/c1-6-8-10-12-14-16-18-20-22-24-26-28-30-32-34-36-38-40-42-44-45-46-47-49-50-52-54-56-58-60-62-64-66-68-70-72-74-76-78-80-82-84-91(94)98-88-90(89-100-102(96,97)99-87-86-93(3,4)5)101-92(95)85-83-81-79-77-75-73-71-69-67-65-63-61-59-57-55-53-51-48-43-41-39-37-35-33-31-29-27-25-23-21-19-17-15-13-11-9-7-2/h8-11,14-17,20-23,26-29,32-35,38-41,44-45,47-49,51-52,54-55,57,61,63,67,69,90H,6-7,12-13,18-19,24-25,30-31,36-37,42-43,46,50,53,56,58-60,62,64-66,68,70-89H2,1-5H3/p+1/b10-8-,11-9-,16-14-,17-15-,22-20-,23-21-,28-26-,29-27-,34-32-,35-33-,40-38-,41-39-,45-44-,49-47-,51-48-,54-52-,57-55-,63-61-,69-67-. The number of rotatable bonds is 71. The Hall–Kier alpha value is -5.93. The fourth-order valence-electron chi connectivity index (χ4n) is 10.2. The number of quaternary nitrogens is 1. The number of likely N-dealkylation sites (N-methyl/N-ethyl adjacent to an activating group) is 1. The molecule has 0 heterocycles. The van der Waals surface area contributed by atoms with Crippen molar-refractivity contribution in [3.05, 3.63) is 231 Å². The molecule has 9 nitrogen and oxygen atoms in total. The van der Waals surface area contributed by atoms with Gasteiger partial charge in [-0.15, -0.1) is 0 Å². The SMILES string of the molecule is CC/C=C\C/C=C\C/C=C\C/C=C\C/C=C\C/C=C\C/C=C\C/C=C\C/C=C\C/C=C\CCCCCCCCC(=O)OC(COC(=O)CCCCCCCCCCCCCCC/C=C\C/C=C\C/C=C\C/C=C\C/C=C\C/C=C\C/C=C\C/C=C\C/C=C\CC)COP(=O)(O)OCC[N+](C)(C)C. The van der Waals surface area contributed by atoms with E-state index in [1.807, 2.05) is 21.1 Å². The Bertz CT molecular complexity index is 2580. The summed E-state index contributed by atoms with van der Waals surface area (Å²) in [6, 6.07) is 0. The Morgan fingerprint density at radius 1 is 0.304 bits per heavy atom. The summed E-state index contributed by atoms with van der Waals surface area (Å²) < 4.78 is 34.8. The molecule has 1 N–H and O–H groups in total. The molecule has 0 aliphatic carbocycles. The van der Waals surface area contributed by atoms with Crippen LogP contribution in [0.4, 0.5) is 0 Å². The predicted octanol–water partition coefficient (Wildman–Crippen LogP) is 27.3. The number of phosphoric ester groups is 1. The normalized spacial score (nSPS) is 14.3. The molecule has 0 amide bonds. The summed E-state index contributed by atoms with van der Waals surface area (Å²) in [6.07, 6.45) is 127. The number of allylic oxidation sites excluding steroid dienone is 38. The van der Waals surface area contributed by atoms with E-state index in [1.165, 1.54) is 64.2 Å². The maximum absolute atomic E-state index is 12.9. The van der Waals surface area contributed by atoms with E-state index in [9.17, 15) is 19.0 Å². The van der Waals surface area contributed by atoms with Crippen molar-refractivity contribution in [1.29, 1.82) is 0 Å². The Labute approximate surface area is 626 Å². The van der Waals surface area contributed by atoms with Gasteiger partial charge >= 0.3 is 19.8 Å². The molecule has 0 saturated heterocycles. The van der Waals surface area contributed by atoms with Crippen LogP contribution in [0.5, 0.6) is 0 Å². The summed E-state index contributed by atoms with van der Waals surface area (Å²) >= 11 is 0. The lowest BCUT2D eigenvalue weighted by Crippen LogP contribution is -2.37. The highest BCUT2D eigenvalue weighted by Crippen LogP contribution is 2.43. The first kappa shape index (κ1) is 96.1. The molecular formula is C92H147NO8P+. The zero-order chi connectivity index (χ0) is 74.0. The van der Waals surface area contributed by atoms with E-state index >= 15 is 0 Å². The summed E-state index contributed by atoms with van der Waals surface area (Å²) in [7, 11) is 1.44. The molecule has 0 aromatic heterocycles. The Morgan fingerprint density at radius 3 is 0.784 bits per heavy atom. The number of carbonyl (C=O) groups excluding carboxylic acids is 2. The van der Waals surface area contributed by atoms with Crippen molar-refractivity contribution in [2.45, 2.75) is 290 Å². The lowest BCUT2D eigenvalue weighted by molar-refractivity contribution is -0.870. The zero-order valence-corrected chi connectivity index (χ0v) is 66.1. The Morgan fingerprint density at radius 2 is 0.529 bits per heavy atom. The second-order valence-corrected chi connectivity index (χ2v) is 28.4. The average Bonchev–Trinajstić information content (AvgIpc) is 0.913. The van der Waals surface area contributed by atoms with Gasteiger partial charge in [-0.3, -0.25) is 18.6 Å². The zero-order valence-electron chi connectivity index (χ0n) is 65.2. The number of ether oxygens (including phenoxy) is 2. The maximum atomic E-state index is 12.9. The molecule has 0 aliphatic heterocycles. The number of nitrogens with zero attached hydrogens (tertiary/aromatic N) is 1. The minimum Gasteiger partial charge on any atom is -0.462 e. The summed E-state index contributed by atoms with van der Waals surface area (Å²) in [4.78, 5) is 36.0. The van der Waals surface area contributed by atoms with Gasteiger partial charge in [0.2, 0.25) is 0 Å². The van der Waals surface area contributed by atoms with Crippen LogP contribution in [0.15, 0.2) is 231 Å². The van der Waals surface area contributed by atoms with E-state index in [0.717, 1.165) is 186 Å². The van der Waals surface area contributed by atoms with Gasteiger partial charge in [-0.2, -0.15) is 0 Å². The quantitative estimate of drug-likeness (QED) is 0.0211. The molecule has 572 valence electrons.